The molecular weight excluding hydrogens is 488 g/mol. The molecular formula is C22H18O10S2. The van der Waals surface area contributed by atoms with Crippen LogP contribution in [0.25, 0.3) is 11.1 Å². The molecule has 0 fully saturated rings. The molecule has 0 aromatic heterocycles. The summed E-state index contributed by atoms with van der Waals surface area (Å²) in [6, 6.07) is 16.7. The summed E-state index contributed by atoms with van der Waals surface area (Å²) >= 11 is 0. The molecule has 34 heavy (non-hydrogen) atoms. The van der Waals surface area contributed by atoms with Gasteiger partial charge in [0, 0.05) is 5.56 Å². The monoisotopic (exact) mass is 506 g/mol. The van der Waals surface area contributed by atoms with Crippen molar-refractivity contribution in [1.29, 1.82) is 0 Å². The number of methoxy groups -OCH3 is 1. The van der Waals surface area contributed by atoms with E-state index in [1.165, 1.54) is 49.6 Å². The number of benzene rings is 3. The summed E-state index contributed by atoms with van der Waals surface area (Å²) in [5.41, 5.74) is 2.12. The Morgan fingerprint density at radius 3 is 1.79 bits per heavy atom. The minimum atomic E-state index is -4.40. The quantitative estimate of drug-likeness (QED) is 0.310. The van der Waals surface area contributed by atoms with Gasteiger partial charge in [0.15, 0.2) is 0 Å². The number of esters is 2. The van der Waals surface area contributed by atoms with Crippen LogP contribution in [-0.4, -0.2) is 44.6 Å². The number of hydrogen-bond acceptors (Lipinski definition) is 9. The Balaban J connectivity index is 0.000000945. The van der Waals surface area contributed by atoms with Crippen LogP contribution in [0.3, 0.4) is 0 Å². The molecule has 0 saturated heterocycles. The molecule has 0 atom stereocenters. The summed E-state index contributed by atoms with van der Waals surface area (Å²) in [4.78, 5) is 23.5. The van der Waals surface area contributed by atoms with E-state index in [2.05, 4.69) is 4.74 Å². The van der Waals surface area contributed by atoms with Gasteiger partial charge in [-0.05, 0) is 60.5 Å². The standard InChI is InChI=1S/C22H18O7S.O3S/c1-14-3-12-19(20(13-14)30(25,26)27)15-8-10-18(11-9-15)29-22(24)17-6-4-16(5-7-17)21(23)28-2;1-4(2)3/h3-13H,1-2H3,(H,25,26,27);. The Morgan fingerprint density at radius 1 is 0.824 bits per heavy atom. The zero-order chi connectivity index (χ0) is 25.5. The van der Waals surface area contributed by atoms with Gasteiger partial charge in [-0.25, -0.2) is 9.59 Å². The van der Waals surface area contributed by atoms with Gasteiger partial charge in [-0.1, -0.05) is 24.3 Å². The highest BCUT2D eigenvalue weighted by Gasteiger charge is 2.17. The smallest absolute Gasteiger partial charge is 0.425 e. The molecule has 0 heterocycles. The van der Waals surface area contributed by atoms with Crippen LogP contribution in [0.4, 0.5) is 0 Å². The lowest BCUT2D eigenvalue weighted by atomic mass is 10.0. The zero-order valence-corrected chi connectivity index (χ0v) is 19.4. The first kappa shape index (κ1) is 26.4. The summed E-state index contributed by atoms with van der Waals surface area (Å²) < 4.78 is 68.1. The predicted molar refractivity (Wildman–Crippen MR) is 119 cm³/mol. The molecule has 10 nitrogen and oxygen atoms in total. The number of rotatable bonds is 5. The van der Waals surface area contributed by atoms with E-state index in [0.717, 1.165) is 0 Å². The van der Waals surface area contributed by atoms with E-state index >= 15 is 0 Å². The van der Waals surface area contributed by atoms with E-state index in [0.29, 0.717) is 22.3 Å². The summed E-state index contributed by atoms with van der Waals surface area (Å²) in [5, 5.41) is 0. The topological polar surface area (TPSA) is 158 Å². The van der Waals surface area contributed by atoms with Crippen LogP contribution >= 0.6 is 0 Å². The second kappa shape index (κ2) is 11.3. The fourth-order valence-electron chi connectivity index (χ4n) is 2.81. The maximum absolute atomic E-state index is 12.3. The molecule has 0 radical (unpaired) electrons. The van der Waals surface area contributed by atoms with Gasteiger partial charge in [0.1, 0.15) is 10.6 Å². The van der Waals surface area contributed by atoms with Crippen LogP contribution < -0.4 is 4.74 Å². The molecule has 178 valence electrons. The third-order valence-electron chi connectivity index (χ3n) is 4.33. The van der Waals surface area contributed by atoms with E-state index < -0.39 is 32.7 Å². The van der Waals surface area contributed by atoms with Gasteiger partial charge in [-0.3, -0.25) is 4.55 Å². The predicted octanol–water partition coefficient (Wildman–Crippen LogP) is 2.91. The summed E-state index contributed by atoms with van der Waals surface area (Å²) in [6.07, 6.45) is 0. The van der Waals surface area contributed by atoms with Gasteiger partial charge >= 0.3 is 22.5 Å². The molecule has 0 saturated carbocycles. The van der Waals surface area contributed by atoms with Crippen molar-refractivity contribution in [3.05, 3.63) is 83.4 Å². The lowest BCUT2D eigenvalue weighted by Crippen LogP contribution is -2.09. The molecule has 0 aliphatic heterocycles. The highest BCUT2D eigenvalue weighted by Crippen LogP contribution is 2.29. The molecule has 3 rings (SSSR count). The van der Waals surface area contributed by atoms with Crippen LogP contribution in [0.2, 0.25) is 0 Å². The Bertz CT molecular complexity index is 1400. The minimum absolute atomic E-state index is 0.196. The number of aryl methyl sites for hydroxylation is 1. The number of carbonyl (C=O) groups excluding carboxylic acids is 2. The van der Waals surface area contributed by atoms with E-state index in [-0.39, 0.29) is 16.2 Å². The number of hydrogen-bond donors (Lipinski definition) is 1. The molecule has 0 amide bonds. The number of carbonyl (C=O) groups is 2. The fourth-order valence-corrected chi connectivity index (χ4v) is 3.61. The zero-order valence-electron chi connectivity index (χ0n) is 17.8. The second-order valence-electron chi connectivity index (χ2n) is 6.66. The maximum atomic E-state index is 12.3. The normalized spacial score (nSPS) is 10.4. The van der Waals surface area contributed by atoms with Crippen molar-refractivity contribution in [1.82, 2.24) is 0 Å². The van der Waals surface area contributed by atoms with E-state index in [4.69, 9.17) is 17.4 Å². The second-order valence-corrected chi connectivity index (χ2v) is 8.46. The van der Waals surface area contributed by atoms with Crippen LogP contribution in [-0.2, 0) is 25.5 Å². The maximum Gasteiger partial charge on any atom is 0.425 e. The average molecular weight is 507 g/mol. The SMILES string of the molecule is COC(=O)c1ccc(C(=O)Oc2ccc(-c3ccc(C)cc3S(=O)(=O)O)cc2)cc1.O=S(=O)=O. The largest absolute Gasteiger partial charge is 0.465 e. The molecule has 0 aliphatic rings. The van der Waals surface area contributed by atoms with E-state index in [1.54, 1.807) is 31.2 Å². The van der Waals surface area contributed by atoms with Gasteiger partial charge in [0.25, 0.3) is 10.1 Å². The van der Waals surface area contributed by atoms with Crippen LogP contribution in [0, 0.1) is 6.92 Å². The van der Waals surface area contributed by atoms with E-state index in [1.807, 2.05) is 0 Å². The van der Waals surface area contributed by atoms with Crippen molar-refractivity contribution in [3.63, 3.8) is 0 Å². The van der Waals surface area contributed by atoms with Crippen molar-refractivity contribution in [3.8, 4) is 16.9 Å². The van der Waals surface area contributed by atoms with Crippen molar-refractivity contribution >= 4 is 32.7 Å². The Morgan fingerprint density at radius 2 is 1.32 bits per heavy atom. The van der Waals surface area contributed by atoms with E-state index in [9.17, 15) is 22.6 Å². The van der Waals surface area contributed by atoms with Gasteiger partial charge < -0.3 is 9.47 Å². The lowest BCUT2D eigenvalue weighted by Gasteiger charge is -2.10. The summed E-state index contributed by atoms with van der Waals surface area (Å²) in [7, 11) is -6.24. The Labute approximate surface area is 196 Å². The average Bonchev–Trinajstić information content (AvgIpc) is 2.78. The first-order chi connectivity index (χ1) is 15.9. The van der Waals surface area contributed by atoms with Gasteiger partial charge in [0.2, 0.25) is 0 Å². The van der Waals surface area contributed by atoms with Crippen molar-refractivity contribution in [2.24, 2.45) is 0 Å². The molecule has 0 spiro atoms. The highest BCUT2D eigenvalue weighted by molar-refractivity contribution is 7.86. The fraction of sp³-hybridized carbons (Fsp3) is 0.0909. The lowest BCUT2D eigenvalue weighted by molar-refractivity contribution is 0.0599. The third-order valence-corrected chi connectivity index (χ3v) is 5.23. The molecule has 3 aromatic carbocycles. The minimum Gasteiger partial charge on any atom is -0.465 e. The number of ether oxygens (including phenoxy) is 2. The van der Waals surface area contributed by atoms with Gasteiger partial charge in [0.05, 0.1) is 18.2 Å². The molecule has 0 unspecified atom stereocenters. The molecule has 3 aromatic rings. The Kier molecular flexibility index (Phi) is 8.78. The first-order valence-corrected chi connectivity index (χ1v) is 11.7. The highest BCUT2D eigenvalue weighted by atomic mass is 32.2. The van der Waals surface area contributed by atoms with Crippen molar-refractivity contribution in [2.75, 3.05) is 7.11 Å². The molecule has 1 N–H and O–H groups in total. The van der Waals surface area contributed by atoms with Gasteiger partial charge in [-0.2, -0.15) is 8.42 Å². The molecule has 0 aliphatic carbocycles. The van der Waals surface area contributed by atoms with Crippen LogP contribution in [0.5, 0.6) is 5.75 Å². The molecule has 0 bridgehead atoms. The third kappa shape index (κ3) is 7.33. The van der Waals surface area contributed by atoms with Gasteiger partial charge in [-0.15, -0.1) is 12.6 Å². The van der Waals surface area contributed by atoms with Crippen molar-refractivity contribution in [2.45, 2.75) is 11.8 Å². The summed E-state index contributed by atoms with van der Waals surface area (Å²) in [5.74, 6) is -0.875. The summed E-state index contributed by atoms with van der Waals surface area (Å²) in [6.45, 7) is 1.72. The van der Waals surface area contributed by atoms with Crippen LogP contribution in [0.1, 0.15) is 26.3 Å². The Hall–Kier alpha value is -3.87. The molecule has 12 heteroatoms. The van der Waals surface area contributed by atoms with Crippen LogP contribution in [0.15, 0.2) is 71.6 Å². The van der Waals surface area contributed by atoms with Crippen molar-refractivity contribution < 1.29 is 44.7 Å². The first-order valence-electron chi connectivity index (χ1n) is 9.28.